The summed E-state index contributed by atoms with van der Waals surface area (Å²) in [6.07, 6.45) is 5.31. The number of rotatable bonds is 13. The second kappa shape index (κ2) is 14.9. The number of alkyl carbamates (subject to hydrolysis) is 1. The van der Waals surface area contributed by atoms with Crippen molar-refractivity contribution in [1.29, 1.82) is 0 Å². The largest absolute Gasteiger partial charge is 0.493 e. The number of nitrogens with zero attached hydrogens (tertiary/aromatic N) is 2. The van der Waals surface area contributed by atoms with Crippen LogP contribution in [0.5, 0.6) is 11.5 Å². The third kappa shape index (κ3) is 8.03. The summed E-state index contributed by atoms with van der Waals surface area (Å²) in [4.78, 5) is 61.9. The molecule has 14 nitrogen and oxygen atoms in total. The molecule has 1 unspecified atom stereocenters. The van der Waals surface area contributed by atoms with Gasteiger partial charge in [-0.3, -0.25) is 19.1 Å². The molecule has 288 valence electrons. The quantitative estimate of drug-likeness (QED) is 0.249. The number of amides is 4. The molecule has 16 heteroatoms. The summed E-state index contributed by atoms with van der Waals surface area (Å²) in [5, 5.41) is 7.53. The lowest BCUT2D eigenvalue weighted by molar-refractivity contribution is -0.142. The van der Waals surface area contributed by atoms with Crippen molar-refractivity contribution in [3.8, 4) is 22.1 Å². The van der Waals surface area contributed by atoms with Crippen LogP contribution >= 0.6 is 11.3 Å². The molecule has 6 rings (SSSR count). The Morgan fingerprint density at radius 3 is 2.42 bits per heavy atom. The van der Waals surface area contributed by atoms with Gasteiger partial charge in [-0.1, -0.05) is 32.9 Å². The van der Waals surface area contributed by atoms with Crippen LogP contribution in [0.2, 0.25) is 0 Å². The maximum atomic E-state index is 14.6. The zero-order chi connectivity index (χ0) is 38.3. The molecule has 0 radical (unpaired) electrons. The summed E-state index contributed by atoms with van der Waals surface area (Å²) < 4.78 is 44.4. The van der Waals surface area contributed by atoms with Crippen molar-refractivity contribution in [3.63, 3.8) is 0 Å². The summed E-state index contributed by atoms with van der Waals surface area (Å²) >= 11 is 1.39. The predicted molar refractivity (Wildman–Crippen MR) is 198 cm³/mol. The van der Waals surface area contributed by atoms with Crippen LogP contribution in [-0.2, 0) is 29.1 Å². The van der Waals surface area contributed by atoms with Gasteiger partial charge in [-0.15, -0.1) is 17.9 Å². The predicted octanol–water partition coefficient (Wildman–Crippen LogP) is 4.26. The Kier molecular flexibility index (Phi) is 10.9. The molecule has 1 aliphatic heterocycles. The third-order valence-corrected chi connectivity index (χ3v) is 13.4. The zero-order valence-corrected chi connectivity index (χ0v) is 32.4. The molecule has 4 amide bonds. The van der Waals surface area contributed by atoms with Gasteiger partial charge in [0.25, 0.3) is 5.91 Å². The number of ether oxygens (including phenoxy) is 3. The molecule has 1 saturated heterocycles. The van der Waals surface area contributed by atoms with E-state index >= 15 is 0 Å². The Hall–Kier alpha value is -4.18. The number of hydrogen-bond donors (Lipinski definition) is 3. The van der Waals surface area contributed by atoms with E-state index in [0.29, 0.717) is 35.0 Å². The average Bonchev–Trinajstić information content (AvgIpc) is 3.88. The molecule has 2 aromatic rings. The lowest BCUT2D eigenvalue weighted by atomic mass is 9.85. The van der Waals surface area contributed by atoms with Crippen LogP contribution in [0.4, 0.5) is 4.79 Å². The van der Waals surface area contributed by atoms with Crippen LogP contribution in [0.15, 0.2) is 36.2 Å². The first-order chi connectivity index (χ1) is 25.1. The molecule has 4 aliphatic rings. The summed E-state index contributed by atoms with van der Waals surface area (Å²) in [5.41, 5.74) is -0.928. The lowest BCUT2D eigenvalue weighted by Crippen LogP contribution is -2.60. The molecule has 2 heterocycles. The second-order valence-electron chi connectivity index (χ2n) is 15.5. The number of benzene rings is 1. The number of thiazole rings is 1. The van der Waals surface area contributed by atoms with Gasteiger partial charge in [0, 0.05) is 23.8 Å². The van der Waals surface area contributed by atoms with Crippen LogP contribution < -0.4 is 24.8 Å². The molecule has 3 saturated carbocycles. The van der Waals surface area contributed by atoms with E-state index < -0.39 is 74.0 Å². The Morgan fingerprint density at radius 2 is 1.81 bits per heavy atom. The first-order valence-corrected chi connectivity index (χ1v) is 20.5. The fourth-order valence-corrected chi connectivity index (χ4v) is 9.63. The van der Waals surface area contributed by atoms with Crippen LogP contribution in [0.1, 0.15) is 83.7 Å². The fourth-order valence-electron chi connectivity index (χ4n) is 7.34. The monoisotopic (exact) mass is 771 g/mol. The van der Waals surface area contributed by atoms with Crippen molar-refractivity contribution < 1.29 is 41.8 Å². The number of carbonyl (C=O) groups excluding carboxylic acids is 4. The minimum atomic E-state index is -3.89. The molecule has 0 bridgehead atoms. The smallest absolute Gasteiger partial charge is 0.408 e. The van der Waals surface area contributed by atoms with Gasteiger partial charge in [0.2, 0.25) is 21.8 Å². The summed E-state index contributed by atoms with van der Waals surface area (Å²) in [6, 6.07) is 3.36. The van der Waals surface area contributed by atoms with Gasteiger partial charge in [-0.25, -0.2) is 18.2 Å². The number of hydrogen-bond acceptors (Lipinski definition) is 11. The molecule has 0 spiro atoms. The Balaban J connectivity index is 1.29. The molecule has 53 heavy (non-hydrogen) atoms. The number of likely N-dealkylation sites (tertiary alicyclic amines) is 1. The summed E-state index contributed by atoms with van der Waals surface area (Å²) in [6.45, 7) is 9.35. The second-order valence-corrected chi connectivity index (χ2v) is 18.3. The SMILES string of the molecule is C=C[C@@H]1C[C@]1(NC(=O)[C@@H]1C[C@@H](c2csc(-c3cccc(OC)c3OC)n2)CN1C(=O)C(NC(=O)OC1CCCC1)C(C)(C)C)C(=O)NS(=O)(=O)C1CC1. The van der Waals surface area contributed by atoms with E-state index in [0.717, 1.165) is 31.2 Å². The van der Waals surface area contributed by atoms with Crippen molar-refractivity contribution in [2.45, 2.75) is 107 Å². The third-order valence-electron chi connectivity index (χ3n) is 10.7. The minimum absolute atomic E-state index is 0.0986. The molecule has 3 N–H and O–H groups in total. The molecule has 5 atom stereocenters. The summed E-state index contributed by atoms with van der Waals surface area (Å²) in [7, 11) is -0.787. The minimum Gasteiger partial charge on any atom is -0.493 e. The van der Waals surface area contributed by atoms with Gasteiger partial charge >= 0.3 is 6.09 Å². The highest BCUT2D eigenvalue weighted by atomic mass is 32.2. The number of sulfonamides is 1. The molecule has 3 aliphatic carbocycles. The van der Waals surface area contributed by atoms with Gasteiger partial charge in [-0.05, 0) is 68.9 Å². The number of nitrogens with one attached hydrogen (secondary N) is 3. The maximum Gasteiger partial charge on any atom is 0.408 e. The number of carbonyl (C=O) groups is 4. The highest BCUT2D eigenvalue weighted by Gasteiger charge is 2.62. The van der Waals surface area contributed by atoms with E-state index in [1.165, 1.54) is 22.3 Å². The Morgan fingerprint density at radius 1 is 1.09 bits per heavy atom. The molecule has 4 fully saturated rings. The Bertz CT molecular complexity index is 1860. The Labute approximate surface area is 314 Å². The van der Waals surface area contributed by atoms with Crippen molar-refractivity contribution in [2.24, 2.45) is 11.3 Å². The molecular weight excluding hydrogens is 723 g/mol. The first-order valence-electron chi connectivity index (χ1n) is 18.1. The highest BCUT2D eigenvalue weighted by molar-refractivity contribution is 7.91. The zero-order valence-electron chi connectivity index (χ0n) is 30.8. The molecule has 1 aromatic heterocycles. The van der Waals surface area contributed by atoms with Crippen LogP contribution in [-0.4, -0.2) is 91.9 Å². The van der Waals surface area contributed by atoms with E-state index in [1.54, 1.807) is 20.3 Å². The van der Waals surface area contributed by atoms with E-state index in [9.17, 15) is 27.6 Å². The van der Waals surface area contributed by atoms with Crippen LogP contribution in [0.25, 0.3) is 10.6 Å². The van der Waals surface area contributed by atoms with Crippen molar-refractivity contribution in [1.82, 2.24) is 25.2 Å². The normalized spacial score (nSPS) is 24.9. The lowest BCUT2D eigenvalue weighted by Gasteiger charge is -2.35. The molecular formula is C37H49N5O9S2. The average molecular weight is 772 g/mol. The number of para-hydroxylation sites is 1. The summed E-state index contributed by atoms with van der Waals surface area (Å²) in [5.74, 6) is -1.75. The number of aromatic nitrogens is 1. The van der Waals surface area contributed by atoms with Crippen molar-refractivity contribution in [3.05, 3.63) is 41.9 Å². The van der Waals surface area contributed by atoms with Gasteiger partial charge < -0.3 is 29.7 Å². The fraction of sp³-hybridized carbons (Fsp3) is 0.595. The van der Waals surface area contributed by atoms with Gasteiger partial charge in [-0.2, -0.15) is 0 Å². The van der Waals surface area contributed by atoms with Crippen molar-refractivity contribution >= 4 is 45.2 Å². The standard InChI is InChI=1S/C37H49N5O9S2/c1-7-22-18-37(22,34(45)41-53(47,48)24-15-16-24)40-31(43)27-17-21(26-20-52-32(38-26)25-13-10-14-28(49-5)29(25)50-6)19-42(27)33(44)30(36(2,3)4)39-35(46)51-23-11-8-9-12-23/h7,10,13-14,20-24,27,30H,1,8-9,11-12,15-19H2,2-6H3,(H,39,46)(H,40,43)(H,41,45)/t21-,22-,27+,30?,37-/m1/s1. The van der Waals surface area contributed by atoms with Crippen LogP contribution in [0, 0.1) is 11.3 Å². The van der Waals surface area contributed by atoms with Gasteiger partial charge in [0.15, 0.2) is 11.5 Å². The molecule has 1 aromatic carbocycles. The van der Waals surface area contributed by atoms with E-state index in [4.69, 9.17) is 19.2 Å². The highest BCUT2D eigenvalue weighted by Crippen LogP contribution is 2.46. The topological polar surface area (TPSA) is 182 Å². The van der Waals surface area contributed by atoms with E-state index in [-0.39, 0.29) is 25.5 Å². The first kappa shape index (κ1) is 38.5. The van der Waals surface area contributed by atoms with E-state index in [1.807, 2.05) is 38.3 Å². The van der Waals surface area contributed by atoms with Crippen LogP contribution in [0.3, 0.4) is 0 Å². The van der Waals surface area contributed by atoms with Gasteiger partial charge in [0.05, 0.1) is 30.7 Å². The van der Waals surface area contributed by atoms with Crippen molar-refractivity contribution in [2.75, 3.05) is 20.8 Å². The van der Waals surface area contributed by atoms with E-state index in [2.05, 4.69) is 21.9 Å². The number of methoxy groups -OCH3 is 2. The van der Waals surface area contributed by atoms with Gasteiger partial charge in [0.1, 0.15) is 28.7 Å². The maximum absolute atomic E-state index is 14.6.